The molecule has 0 unspecified atom stereocenters. The van der Waals surface area contributed by atoms with Crippen molar-refractivity contribution in [1.82, 2.24) is 19.1 Å². The fraction of sp³-hybridized carbons (Fsp3) is 0.231. The lowest BCUT2D eigenvalue weighted by Gasteiger charge is -2.05. The highest BCUT2D eigenvalue weighted by molar-refractivity contribution is 6.17. The molecule has 0 saturated heterocycles. The second kappa shape index (κ2) is 5.17. The number of para-hydroxylation sites is 2. The Morgan fingerprint density at radius 2 is 2.10 bits per heavy atom. The SMILES string of the molecule is Cn1c([N+](=O)[O-])cnc1-c1nc2ccccc2n1CCCl. The van der Waals surface area contributed by atoms with Crippen molar-refractivity contribution < 1.29 is 4.92 Å². The number of hydrogen-bond donors (Lipinski definition) is 0. The molecule has 0 N–H and O–H groups in total. The van der Waals surface area contributed by atoms with Crippen LogP contribution in [0.15, 0.2) is 30.5 Å². The maximum atomic E-state index is 10.9. The second-order valence-electron chi connectivity index (χ2n) is 4.52. The number of nitro groups is 1. The maximum absolute atomic E-state index is 10.9. The Labute approximate surface area is 124 Å². The summed E-state index contributed by atoms with van der Waals surface area (Å²) in [6.45, 7) is 0.554. The zero-order valence-corrected chi connectivity index (χ0v) is 12.0. The van der Waals surface area contributed by atoms with Gasteiger partial charge in [0.2, 0.25) is 5.82 Å². The van der Waals surface area contributed by atoms with Gasteiger partial charge in [0.15, 0.2) is 0 Å². The summed E-state index contributed by atoms with van der Waals surface area (Å²) < 4.78 is 3.35. The summed E-state index contributed by atoms with van der Waals surface area (Å²) in [7, 11) is 1.60. The van der Waals surface area contributed by atoms with Gasteiger partial charge in [-0.3, -0.25) is 0 Å². The van der Waals surface area contributed by atoms with E-state index < -0.39 is 4.92 Å². The Morgan fingerprint density at radius 3 is 2.76 bits per heavy atom. The van der Waals surface area contributed by atoms with Crippen LogP contribution in [0.2, 0.25) is 0 Å². The number of fused-ring (bicyclic) bond motifs is 1. The fourth-order valence-corrected chi connectivity index (χ4v) is 2.50. The van der Waals surface area contributed by atoms with Gasteiger partial charge in [0.1, 0.15) is 6.20 Å². The van der Waals surface area contributed by atoms with Crippen molar-refractivity contribution in [3.8, 4) is 11.6 Å². The van der Waals surface area contributed by atoms with Crippen LogP contribution < -0.4 is 0 Å². The van der Waals surface area contributed by atoms with Gasteiger partial charge < -0.3 is 14.7 Å². The molecule has 21 heavy (non-hydrogen) atoms. The third kappa shape index (κ3) is 2.15. The van der Waals surface area contributed by atoms with Crippen molar-refractivity contribution in [2.45, 2.75) is 6.54 Å². The summed E-state index contributed by atoms with van der Waals surface area (Å²) in [6.07, 6.45) is 1.24. The summed E-state index contributed by atoms with van der Waals surface area (Å²) in [5, 5.41) is 10.9. The average Bonchev–Trinajstić information content (AvgIpc) is 3.01. The van der Waals surface area contributed by atoms with Gasteiger partial charge in [0.05, 0.1) is 18.1 Å². The molecule has 0 aliphatic heterocycles. The minimum Gasteiger partial charge on any atom is -0.358 e. The number of imidazole rings is 2. The van der Waals surface area contributed by atoms with E-state index in [1.165, 1.54) is 10.8 Å². The van der Waals surface area contributed by atoms with Crippen LogP contribution in [-0.4, -0.2) is 29.9 Å². The summed E-state index contributed by atoms with van der Waals surface area (Å²) in [5.74, 6) is 1.37. The van der Waals surface area contributed by atoms with E-state index in [9.17, 15) is 10.1 Å². The van der Waals surface area contributed by atoms with Crippen LogP contribution >= 0.6 is 11.6 Å². The topological polar surface area (TPSA) is 78.8 Å². The van der Waals surface area contributed by atoms with Crippen LogP contribution in [0, 0.1) is 10.1 Å². The number of halogens is 1. The van der Waals surface area contributed by atoms with E-state index in [2.05, 4.69) is 9.97 Å². The quantitative estimate of drug-likeness (QED) is 0.421. The summed E-state index contributed by atoms with van der Waals surface area (Å²) in [4.78, 5) is 19.2. The summed E-state index contributed by atoms with van der Waals surface area (Å²) >= 11 is 5.86. The van der Waals surface area contributed by atoms with Crippen LogP contribution in [0.1, 0.15) is 0 Å². The van der Waals surface area contributed by atoms with E-state index in [1.807, 2.05) is 28.8 Å². The molecule has 108 valence electrons. The Balaban J connectivity index is 2.24. The number of aryl methyl sites for hydroxylation is 1. The first-order chi connectivity index (χ1) is 10.1. The van der Waals surface area contributed by atoms with Crippen molar-refractivity contribution in [2.75, 3.05) is 5.88 Å². The molecular formula is C13H12ClN5O2. The van der Waals surface area contributed by atoms with Crippen molar-refractivity contribution >= 4 is 28.5 Å². The molecule has 2 heterocycles. The molecule has 3 aromatic rings. The smallest absolute Gasteiger partial charge is 0.343 e. The lowest BCUT2D eigenvalue weighted by Crippen LogP contribution is -2.06. The van der Waals surface area contributed by atoms with E-state index in [0.717, 1.165) is 11.0 Å². The van der Waals surface area contributed by atoms with Crippen LogP contribution in [0.25, 0.3) is 22.7 Å². The molecule has 0 aliphatic rings. The fourth-order valence-electron chi connectivity index (χ4n) is 2.34. The molecule has 0 saturated carbocycles. The van der Waals surface area contributed by atoms with Crippen LogP contribution in [0.4, 0.5) is 5.82 Å². The predicted molar refractivity (Wildman–Crippen MR) is 79.3 cm³/mol. The number of rotatable bonds is 4. The van der Waals surface area contributed by atoms with Crippen LogP contribution in [0.3, 0.4) is 0 Å². The Morgan fingerprint density at radius 1 is 1.33 bits per heavy atom. The van der Waals surface area contributed by atoms with Gasteiger partial charge in [-0.1, -0.05) is 12.1 Å². The van der Waals surface area contributed by atoms with E-state index in [1.54, 1.807) is 7.05 Å². The highest BCUT2D eigenvalue weighted by atomic mass is 35.5. The summed E-state index contributed by atoms with van der Waals surface area (Å²) in [6, 6.07) is 7.64. The molecule has 0 radical (unpaired) electrons. The second-order valence-corrected chi connectivity index (χ2v) is 4.90. The molecule has 0 amide bonds. The molecule has 0 atom stereocenters. The predicted octanol–water partition coefficient (Wildman–Crippen LogP) is 2.58. The molecule has 0 aliphatic carbocycles. The zero-order chi connectivity index (χ0) is 15.0. The number of nitrogens with zero attached hydrogens (tertiary/aromatic N) is 5. The van der Waals surface area contributed by atoms with Gasteiger partial charge >= 0.3 is 5.82 Å². The number of alkyl halides is 1. The Hall–Kier alpha value is -2.41. The third-order valence-corrected chi connectivity index (χ3v) is 3.48. The largest absolute Gasteiger partial charge is 0.358 e. The van der Waals surface area contributed by atoms with Gasteiger partial charge in [-0.25, -0.2) is 14.5 Å². The van der Waals surface area contributed by atoms with Crippen molar-refractivity contribution in [1.29, 1.82) is 0 Å². The van der Waals surface area contributed by atoms with Gasteiger partial charge in [-0.15, -0.1) is 11.6 Å². The molecular weight excluding hydrogens is 294 g/mol. The van der Waals surface area contributed by atoms with Gasteiger partial charge in [0.25, 0.3) is 5.82 Å². The molecule has 7 nitrogen and oxygen atoms in total. The lowest BCUT2D eigenvalue weighted by atomic mass is 10.3. The van der Waals surface area contributed by atoms with Crippen LogP contribution in [0.5, 0.6) is 0 Å². The van der Waals surface area contributed by atoms with Crippen molar-refractivity contribution in [3.05, 3.63) is 40.6 Å². The van der Waals surface area contributed by atoms with E-state index in [4.69, 9.17) is 11.6 Å². The minimum atomic E-state index is -0.467. The van der Waals surface area contributed by atoms with E-state index in [0.29, 0.717) is 24.1 Å². The normalized spacial score (nSPS) is 11.1. The Kier molecular flexibility index (Phi) is 3.34. The molecule has 2 aromatic heterocycles. The van der Waals surface area contributed by atoms with Gasteiger partial charge in [-0.2, -0.15) is 0 Å². The Bertz CT molecular complexity index is 823. The monoisotopic (exact) mass is 305 g/mol. The number of benzene rings is 1. The summed E-state index contributed by atoms with van der Waals surface area (Å²) in [5.41, 5.74) is 1.74. The van der Waals surface area contributed by atoms with E-state index >= 15 is 0 Å². The highest BCUT2D eigenvalue weighted by Gasteiger charge is 2.23. The standard InChI is InChI=1S/C13H12ClN5O2/c1-17-11(19(20)21)8-15-12(17)13-16-9-4-2-3-5-10(9)18(13)7-6-14/h2-5,8H,6-7H2,1H3. The molecule has 1 aromatic carbocycles. The molecule has 0 bridgehead atoms. The average molecular weight is 306 g/mol. The minimum absolute atomic E-state index is 0.0746. The number of hydrogen-bond acceptors (Lipinski definition) is 4. The zero-order valence-electron chi connectivity index (χ0n) is 11.2. The first kappa shape index (κ1) is 13.6. The van der Waals surface area contributed by atoms with E-state index in [-0.39, 0.29) is 5.82 Å². The molecule has 0 fully saturated rings. The molecule has 8 heteroatoms. The van der Waals surface area contributed by atoms with Crippen molar-refractivity contribution in [2.24, 2.45) is 7.05 Å². The number of aromatic nitrogens is 4. The lowest BCUT2D eigenvalue weighted by molar-refractivity contribution is -0.391. The van der Waals surface area contributed by atoms with Crippen LogP contribution in [-0.2, 0) is 13.6 Å². The third-order valence-electron chi connectivity index (χ3n) is 3.31. The first-order valence-corrected chi connectivity index (χ1v) is 6.84. The highest BCUT2D eigenvalue weighted by Crippen LogP contribution is 2.26. The maximum Gasteiger partial charge on any atom is 0.343 e. The van der Waals surface area contributed by atoms with Gasteiger partial charge in [0, 0.05) is 12.4 Å². The molecule has 3 rings (SSSR count). The van der Waals surface area contributed by atoms with Crippen molar-refractivity contribution in [3.63, 3.8) is 0 Å². The molecule has 0 spiro atoms. The first-order valence-electron chi connectivity index (χ1n) is 6.31. The van der Waals surface area contributed by atoms with Gasteiger partial charge in [-0.05, 0) is 17.1 Å².